The number of aromatic nitrogens is 2. The number of carbonyl (C=O) groups is 1. The van der Waals surface area contributed by atoms with Gasteiger partial charge in [0.15, 0.2) is 0 Å². The van der Waals surface area contributed by atoms with E-state index in [1.54, 1.807) is 6.07 Å². The molecule has 7 heteroatoms. The molecule has 0 unspecified atom stereocenters. The zero-order chi connectivity index (χ0) is 20.8. The van der Waals surface area contributed by atoms with Crippen molar-refractivity contribution in [2.24, 2.45) is 5.73 Å². The molecule has 0 spiro atoms. The molecule has 152 valence electrons. The Morgan fingerprint density at radius 1 is 1.17 bits per heavy atom. The molecule has 2 aromatic carbocycles. The number of nitrogens with one attached hydrogen (secondary N) is 1. The smallest absolute Gasteiger partial charge is 0.268 e. The van der Waals surface area contributed by atoms with Crippen LogP contribution in [-0.4, -0.2) is 22.0 Å². The van der Waals surface area contributed by atoms with E-state index >= 15 is 0 Å². The van der Waals surface area contributed by atoms with E-state index in [9.17, 15) is 4.79 Å². The maximum Gasteiger partial charge on any atom is 0.268 e. The van der Waals surface area contributed by atoms with Gasteiger partial charge < -0.3 is 15.5 Å². The number of ether oxygens (including phenoxy) is 1. The maximum atomic E-state index is 11.5. The van der Waals surface area contributed by atoms with Crippen LogP contribution in [0.15, 0.2) is 54.7 Å². The highest BCUT2D eigenvalue weighted by Gasteiger charge is 2.24. The van der Waals surface area contributed by atoms with E-state index in [2.05, 4.69) is 9.97 Å². The number of nitrogens with zero attached hydrogens (tertiary/aromatic N) is 1. The number of primary amides is 1. The van der Waals surface area contributed by atoms with Crippen molar-refractivity contribution in [2.75, 3.05) is 0 Å². The van der Waals surface area contributed by atoms with Gasteiger partial charge in [-0.25, -0.2) is 4.98 Å². The van der Waals surface area contributed by atoms with E-state index in [0.717, 1.165) is 11.1 Å². The van der Waals surface area contributed by atoms with E-state index in [1.807, 2.05) is 49.4 Å². The number of hydrogen-bond acceptors (Lipinski definition) is 3. The van der Waals surface area contributed by atoms with Crippen molar-refractivity contribution in [1.29, 1.82) is 0 Å². The molecule has 2 atom stereocenters. The number of benzene rings is 2. The minimum absolute atomic E-state index is 0.0816. The second-order valence-electron chi connectivity index (χ2n) is 6.90. The van der Waals surface area contributed by atoms with Crippen LogP contribution >= 0.6 is 23.2 Å². The standard InChI is InChI=1S/C22H23Cl2N3O2/c1-14(29-13-15-6-3-2-4-7-15)17(22-26-12-19(27-22)21(25)28)11-10-16-8-5-9-18(23)20(16)24/h2-9,12,14,17H,10-11,13H2,1H3,(H2,25,28)(H,26,27)/t14-,17-/m0/s1. The van der Waals surface area contributed by atoms with Gasteiger partial charge in [-0.2, -0.15) is 0 Å². The van der Waals surface area contributed by atoms with Crippen molar-refractivity contribution in [2.45, 2.75) is 38.4 Å². The number of amides is 1. The molecule has 0 saturated heterocycles. The lowest BCUT2D eigenvalue weighted by Gasteiger charge is -2.23. The Labute approximate surface area is 180 Å². The predicted octanol–water partition coefficient (Wildman–Crippen LogP) is 5.14. The van der Waals surface area contributed by atoms with Gasteiger partial charge in [-0.15, -0.1) is 0 Å². The molecule has 3 rings (SSSR count). The quantitative estimate of drug-likeness (QED) is 0.492. The predicted molar refractivity (Wildman–Crippen MR) is 115 cm³/mol. The summed E-state index contributed by atoms with van der Waals surface area (Å²) < 4.78 is 6.12. The first kappa shape index (κ1) is 21.4. The van der Waals surface area contributed by atoms with Crippen LogP contribution in [0, 0.1) is 0 Å². The van der Waals surface area contributed by atoms with Crippen LogP contribution in [0.25, 0.3) is 0 Å². The van der Waals surface area contributed by atoms with Gasteiger partial charge in [-0.3, -0.25) is 4.79 Å². The molecular formula is C22H23Cl2N3O2. The van der Waals surface area contributed by atoms with Crippen LogP contribution in [0.3, 0.4) is 0 Å². The second kappa shape index (κ2) is 9.92. The van der Waals surface area contributed by atoms with Crippen molar-refractivity contribution < 1.29 is 9.53 Å². The van der Waals surface area contributed by atoms with E-state index in [4.69, 9.17) is 33.7 Å². The van der Waals surface area contributed by atoms with Gasteiger partial charge in [0.25, 0.3) is 5.91 Å². The van der Waals surface area contributed by atoms with Gasteiger partial charge in [0.1, 0.15) is 11.5 Å². The molecule has 1 aromatic heterocycles. The van der Waals surface area contributed by atoms with E-state index in [-0.39, 0.29) is 17.7 Å². The van der Waals surface area contributed by atoms with Crippen molar-refractivity contribution in [3.05, 3.63) is 87.4 Å². The van der Waals surface area contributed by atoms with Crippen molar-refractivity contribution >= 4 is 29.1 Å². The Kier molecular flexibility index (Phi) is 7.31. The molecular weight excluding hydrogens is 409 g/mol. The Balaban J connectivity index is 1.76. The molecule has 0 saturated carbocycles. The molecule has 1 amide bonds. The molecule has 3 aromatic rings. The van der Waals surface area contributed by atoms with Crippen LogP contribution in [0.2, 0.25) is 10.0 Å². The summed E-state index contributed by atoms with van der Waals surface area (Å²) in [6, 6.07) is 15.6. The van der Waals surface area contributed by atoms with Gasteiger partial charge in [0, 0.05) is 12.1 Å². The van der Waals surface area contributed by atoms with Crippen LogP contribution in [0.1, 0.15) is 46.7 Å². The molecule has 0 aliphatic heterocycles. The highest BCUT2D eigenvalue weighted by molar-refractivity contribution is 6.42. The fourth-order valence-electron chi connectivity index (χ4n) is 3.22. The number of aryl methyl sites for hydroxylation is 1. The third-order valence-corrected chi connectivity index (χ3v) is 5.74. The average Bonchev–Trinajstić information content (AvgIpc) is 3.20. The monoisotopic (exact) mass is 431 g/mol. The molecule has 3 N–H and O–H groups in total. The van der Waals surface area contributed by atoms with Gasteiger partial charge in [-0.05, 0) is 37.0 Å². The number of H-pyrrole nitrogens is 1. The number of halogens is 2. The highest BCUT2D eigenvalue weighted by atomic mass is 35.5. The van der Waals surface area contributed by atoms with Crippen LogP contribution in [0.5, 0.6) is 0 Å². The van der Waals surface area contributed by atoms with Crippen molar-refractivity contribution in [3.63, 3.8) is 0 Å². The lowest BCUT2D eigenvalue weighted by atomic mass is 9.94. The normalized spacial score (nSPS) is 13.2. The minimum atomic E-state index is -0.568. The van der Waals surface area contributed by atoms with Gasteiger partial charge >= 0.3 is 0 Å². The second-order valence-corrected chi connectivity index (χ2v) is 7.68. The molecule has 0 aliphatic rings. The summed E-state index contributed by atoms with van der Waals surface area (Å²) in [6.45, 7) is 2.49. The average molecular weight is 432 g/mol. The third kappa shape index (κ3) is 5.60. The van der Waals surface area contributed by atoms with Crippen molar-refractivity contribution in [1.82, 2.24) is 9.97 Å². The third-order valence-electron chi connectivity index (χ3n) is 4.88. The Hall–Kier alpha value is -2.34. The number of nitrogens with two attached hydrogens (primary N) is 1. The highest BCUT2D eigenvalue weighted by Crippen LogP contribution is 2.31. The number of carbonyl (C=O) groups excluding carboxylic acids is 1. The Morgan fingerprint density at radius 2 is 1.93 bits per heavy atom. The summed E-state index contributed by atoms with van der Waals surface area (Å²) in [7, 11) is 0. The maximum absolute atomic E-state index is 11.5. The molecule has 0 radical (unpaired) electrons. The fraction of sp³-hybridized carbons (Fsp3) is 0.273. The Bertz CT molecular complexity index is 960. The number of rotatable bonds is 9. The number of hydrogen-bond donors (Lipinski definition) is 2. The van der Waals surface area contributed by atoms with Crippen LogP contribution in [0.4, 0.5) is 0 Å². The van der Waals surface area contributed by atoms with Crippen LogP contribution < -0.4 is 5.73 Å². The molecule has 1 heterocycles. The zero-order valence-corrected chi connectivity index (χ0v) is 17.6. The van der Waals surface area contributed by atoms with Gasteiger partial charge in [0.2, 0.25) is 0 Å². The minimum Gasteiger partial charge on any atom is -0.373 e. The molecule has 5 nitrogen and oxygen atoms in total. The Morgan fingerprint density at radius 3 is 2.62 bits per heavy atom. The first-order valence-corrected chi connectivity index (χ1v) is 10.1. The SMILES string of the molecule is C[C@H](OCc1ccccc1)[C@H](CCc1cccc(Cl)c1Cl)c1nc(C(N)=O)c[nH]1. The first-order valence-electron chi connectivity index (χ1n) is 9.39. The summed E-state index contributed by atoms with van der Waals surface area (Å²) in [5.41, 5.74) is 7.61. The summed E-state index contributed by atoms with van der Waals surface area (Å²) in [6.07, 6.45) is 2.78. The molecule has 29 heavy (non-hydrogen) atoms. The van der Waals surface area contributed by atoms with Gasteiger partial charge in [-0.1, -0.05) is 65.7 Å². The van der Waals surface area contributed by atoms with Crippen LogP contribution in [-0.2, 0) is 17.8 Å². The van der Waals surface area contributed by atoms with E-state index in [0.29, 0.717) is 35.3 Å². The molecule has 0 aliphatic carbocycles. The summed E-state index contributed by atoms with van der Waals surface area (Å²) >= 11 is 12.5. The molecule has 0 fully saturated rings. The molecule has 0 bridgehead atoms. The summed E-state index contributed by atoms with van der Waals surface area (Å²) in [5.74, 6) is 0.0152. The van der Waals surface area contributed by atoms with E-state index < -0.39 is 5.91 Å². The fourth-order valence-corrected chi connectivity index (χ4v) is 3.63. The lowest BCUT2D eigenvalue weighted by molar-refractivity contribution is 0.0308. The van der Waals surface area contributed by atoms with Gasteiger partial charge in [0.05, 0.1) is 22.8 Å². The summed E-state index contributed by atoms with van der Waals surface area (Å²) in [4.78, 5) is 18.9. The van der Waals surface area contributed by atoms with E-state index in [1.165, 1.54) is 6.20 Å². The lowest BCUT2D eigenvalue weighted by Crippen LogP contribution is -2.21. The number of aromatic amines is 1. The first-order chi connectivity index (χ1) is 14.0. The number of imidazole rings is 1. The largest absolute Gasteiger partial charge is 0.373 e. The zero-order valence-electron chi connectivity index (χ0n) is 16.1. The summed E-state index contributed by atoms with van der Waals surface area (Å²) in [5, 5.41) is 1.09. The van der Waals surface area contributed by atoms with Crippen molar-refractivity contribution in [3.8, 4) is 0 Å². The topological polar surface area (TPSA) is 81.0 Å².